The van der Waals surface area contributed by atoms with Crippen molar-refractivity contribution in [2.45, 2.75) is 45.4 Å². The lowest BCUT2D eigenvalue weighted by Gasteiger charge is -2.24. The van der Waals surface area contributed by atoms with Crippen molar-refractivity contribution in [3.8, 4) is 0 Å². The molecule has 0 aromatic heterocycles. The molecule has 2 rings (SSSR count). The molecule has 0 heterocycles. The van der Waals surface area contributed by atoms with Gasteiger partial charge in [-0.3, -0.25) is 0 Å². The Morgan fingerprint density at radius 2 is 2.15 bits per heavy atom. The monoisotopic (exact) mass is 296 g/mol. The van der Waals surface area contributed by atoms with Gasteiger partial charge in [-0.2, -0.15) is 0 Å². The average molecular weight is 297 g/mol. The van der Waals surface area contributed by atoms with E-state index >= 15 is 0 Å². The minimum absolute atomic E-state index is 0.269. The van der Waals surface area contributed by atoms with Gasteiger partial charge in [-0.1, -0.05) is 23.7 Å². The Morgan fingerprint density at radius 1 is 1.40 bits per heavy atom. The Kier molecular flexibility index (Phi) is 5.70. The first-order valence-corrected chi connectivity index (χ1v) is 7.79. The first kappa shape index (κ1) is 15.6. The summed E-state index contributed by atoms with van der Waals surface area (Å²) >= 11 is 6.39. The first-order valence-electron chi connectivity index (χ1n) is 7.41. The third-order valence-corrected chi connectivity index (χ3v) is 3.79. The molecule has 0 bridgehead atoms. The maximum Gasteiger partial charge on any atom is 0.0644 e. The van der Waals surface area contributed by atoms with E-state index in [0.29, 0.717) is 6.04 Å². The van der Waals surface area contributed by atoms with Gasteiger partial charge < -0.3 is 15.0 Å². The van der Waals surface area contributed by atoms with Gasteiger partial charge in [0.2, 0.25) is 0 Å². The number of hydrogen-bond donors (Lipinski definition) is 1. The van der Waals surface area contributed by atoms with Crippen LogP contribution < -0.4 is 10.2 Å². The number of benzene rings is 1. The molecule has 0 aliphatic heterocycles. The van der Waals surface area contributed by atoms with Crippen LogP contribution in [0.4, 0.5) is 5.69 Å². The fourth-order valence-corrected chi connectivity index (χ4v) is 2.55. The summed E-state index contributed by atoms with van der Waals surface area (Å²) in [6.07, 6.45) is 2.87. The van der Waals surface area contributed by atoms with Gasteiger partial charge in [0.25, 0.3) is 0 Å². The topological polar surface area (TPSA) is 24.5 Å². The van der Waals surface area contributed by atoms with Crippen molar-refractivity contribution in [1.29, 1.82) is 0 Å². The molecule has 1 aliphatic rings. The summed E-state index contributed by atoms with van der Waals surface area (Å²) in [7, 11) is 2.07. The molecule has 0 radical (unpaired) electrons. The smallest absolute Gasteiger partial charge is 0.0644 e. The molecule has 20 heavy (non-hydrogen) atoms. The quantitative estimate of drug-likeness (QED) is 0.795. The lowest BCUT2D eigenvalue weighted by atomic mass is 10.1. The largest absolute Gasteiger partial charge is 0.377 e. The fraction of sp³-hybridized carbons (Fsp3) is 0.625. The van der Waals surface area contributed by atoms with Crippen LogP contribution in [0.1, 0.15) is 32.3 Å². The van der Waals surface area contributed by atoms with E-state index in [-0.39, 0.29) is 6.10 Å². The molecule has 1 aliphatic carbocycles. The van der Waals surface area contributed by atoms with E-state index in [0.717, 1.165) is 30.4 Å². The summed E-state index contributed by atoms with van der Waals surface area (Å²) in [6.45, 7) is 6.56. The van der Waals surface area contributed by atoms with Crippen molar-refractivity contribution in [2.24, 2.45) is 0 Å². The van der Waals surface area contributed by atoms with Crippen LogP contribution in [-0.2, 0) is 11.3 Å². The zero-order chi connectivity index (χ0) is 14.5. The second-order valence-corrected chi connectivity index (χ2v) is 6.15. The maximum absolute atomic E-state index is 6.39. The van der Waals surface area contributed by atoms with E-state index in [9.17, 15) is 0 Å². The number of ether oxygens (including phenoxy) is 1. The number of para-hydroxylation sites is 1. The van der Waals surface area contributed by atoms with Crippen molar-refractivity contribution < 1.29 is 4.74 Å². The molecule has 112 valence electrons. The highest BCUT2D eigenvalue weighted by Crippen LogP contribution is 2.30. The zero-order valence-electron chi connectivity index (χ0n) is 12.7. The van der Waals surface area contributed by atoms with Crippen LogP contribution in [0.25, 0.3) is 0 Å². The van der Waals surface area contributed by atoms with Crippen molar-refractivity contribution in [3.63, 3.8) is 0 Å². The molecule has 1 aromatic carbocycles. The van der Waals surface area contributed by atoms with Gasteiger partial charge in [0.05, 0.1) is 23.4 Å². The Labute approximate surface area is 127 Å². The van der Waals surface area contributed by atoms with Crippen molar-refractivity contribution in [1.82, 2.24) is 5.32 Å². The van der Waals surface area contributed by atoms with E-state index in [1.54, 1.807) is 0 Å². The molecule has 0 unspecified atom stereocenters. The highest BCUT2D eigenvalue weighted by molar-refractivity contribution is 6.33. The summed E-state index contributed by atoms with van der Waals surface area (Å²) < 4.78 is 5.62. The third-order valence-electron chi connectivity index (χ3n) is 3.49. The number of hydrogen-bond acceptors (Lipinski definition) is 3. The Balaban J connectivity index is 1.99. The Morgan fingerprint density at radius 3 is 2.80 bits per heavy atom. The standard InChI is InChI=1S/C16H25ClN2O/c1-12(2)20-10-9-19(3)16-13(5-4-6-15(16)17)11-18-14-7-8-14/h4-6,12,14,18H,7-11H2,1-3H3. The SMILES string of the molecule is CC(C)OCCN(C)c1c(Cl)cccc1CNC1CC1. The lowest BCUT2D eigenvalue weighted by Crippen LogP contribution is -2.26. The number of likely N-dealkylation sites (N-methyl/N-ethyl adjacent to an activating group) is 1. The molecule has 4 heteroatoms. The van der Waals surface area contributed by atoms with Crippen molar-refractivity contribution >= 4 is 17.3 Å². The Hall–Kier alpha value is -0.770. The van der Waals surface area contributed by atoms with Crippen LogP contribution >= 0.6 is 11.6 Å². The third kappa shape index (κ3) is 4.65. The molecule has 1 saturated carbocycles. The second kappa shape index (κ2) is 7.30. The highest BCUT2D eigenvalue weighted by atomic mass is 35.5. The van der Waals surface area contributed by atoms with E-state index in [2.05, 4.69) is 37.2 Å². The normalized spacial score (nSPS) is 14.8. The molecule has 0 atom stereocenters. The van der Waals surface area contributed by atoms with E-state index < -0.39 is 0 Å². The summed E-state index contributed by atoms with van der Waals surface area (Å²) in [6, 6.07) is 6.83. The van der Waals surface area contributed by atoms with Crippen LogP contribution in [0.3, 0.4) is 0 Å². The molecular weight excluding hydrogens is 272 g/mol. The zero-order valence-corrected chi connectivity index (χ0v) is 13.4. The minimum atomic E-state index is 0.269. The van der Waals surface area contributed by atoms with Gasteiger partial charge in [-0.25, -0.2) is 0 Å². The van der Waals surface area contributed by atoms with Gasteiger partial charge in [-0.05, 0) is 38.3 Å². The van der Waals surface area contributed by atoms with Gasteiger partial charge in [0, 0.05) is 26.2 Å². The summed E-state index contributed by atoms with van der Waals surface area (Å²) in [5, 5.41) is 4.37. The van der Waals surface area contributed by atoms with Gasteiger partial charge in [0.1, 0.15) is 0 Å². The van der Waals surface area contributed by atoms with Crippen molar-refractivity contribution in [2.75, 3.05) is 25.1 Å². The molecule has 1 fully saturated rings. The Bertz CT molecular complexity index is 432. The van der Waals surface area contributed by atoms with E-state index in [4.69, 9.17) is 16.3 Å². The van der Waals surface area contributed by atoms with Crippen LogP contribution in [-0.4, -0.2) is 32.3 Å². The summed E-state index contributed by atoms with van der Waals surface area (Å²) in [5.74, 6) is 0. The summed E-state index contributed by atoms with van der Waals surface area (Å²) in [4.78, 5) is 2.19. The molecular formula is C16H25ClN2O. The number of nitrogens with zero attached hydrogens (tertiary/aromatic N) is 1. The van der Waals surface area contributed by atoms with Gasteiger partial charge >= 0.3 is 0 Å². The first-order chi connectivity index (χ1) is 9.58. The van der Waals surface area contributed by atoms with Crippen LogP contribution in [0.2, 0.25) is 5.02 Å². The number of nitrogens with one attached hydrogen (secondary N) is 1. The van der Waals surface area contributed by atoms with E-state index in [1.807, 2.05) is 12.1 Å². The number of rotatable bonds is 8. The second-order valence-electron chi connectivity index (χ2n) is 5.74. The highest BCUT2D eigenvalue weighted by Gasteiger charge is 2.21. The maximum atomic E-state index is 6.39. The molecule has 0 spiro atoms. The average Bonchev–Trinajstić information content (AvgIpc) is 3.19. The van der Waals surface area contributed by atoms with Gasteiger partial charge in [-0.15, -0.1) is 0 Å². The van der Waals surface area contributed by atoms with Gasteiger partial charge in [0.15, 0.2) is 0 Å². The molecule has 0 amide bonds. The van der Waals surface area contributed by atoms with E-state index in [1.165, 1.54) is 18.4 Å². The van der Waals surface area contributed by atoms with Crippen molar-refractivity contribution in [3.05, 3.63) is 28.8 Å². The predicted octanol–water partition coefficient (Wildman–Crippen LogP) is 3.45. The van der Waals surface area contributed by atoms with Crippen LogP contribution in [0.5, 0.6) is 0 Å². The number of halogens is 1. The molecule has 1 N–H and O–H groups in total. The molecule has 3 nitrogen and oxygen atoms in total. The minimum Gasteiger partial charge on any atom is -0.377 e. The lowest BCUT2D eigenvalue weighted by molar-refractivity contribution is 0.0846. The summed E-state index contributed by atoms with van der Waals surface area (Å²) in [5.41, 5.74) is 2.38. The predicted molar refractivity (Wildman–Crippen MR) is 85.7 cm³/mol. The molecule has 1 aromatic rings. The van der Waals surface area contributed by atoms with Crippen LogP contribution in [0, 0.1) is 0 Å². The number of anilines is 1. The van der Waals surface area contributed by atoms with Crippen LogP contribution in [0.15, 0.2) is 18.2 Å². The molecule has 0 saturated heterocycles. The fourth-order valence-electron chi connectivity index (χ4n) is 2.21.